The van der Waals surface area contributed by atoms with Crippen molar-refractivity contribution >= 4 is 27.3 Å². The van der Waals surface area contributed by atoms with Crippen molar-refractivity contribution in [1.29, 1.82) is 0 Å². The van der Waals surface area contributed by atoms with Gasteiger partial charge in [-0.15, -0.1) is 0 Å². The molecule has 2 aromatic carbocycles. The quantitative estimate of drug-likeness (QED) is 0.510. The smallest absolute Gasteiger partial charge is 0.290 e. The summed E-state index contributed by atoms with van der Waals surface area (Å²) in [6, 6.07) is 15.0. The molecule has 0 atom stereocenters. The van der Waals surface area contributed by atoms with E-state index >= 15 is 0 Å². The van der Waals surface area contributed by atoms with Crippen LogP contribution < -0.4 is 14.4 Å². The molecule has 4 rings (SSSR count). The van der Waals surface area contributed by atoms with Gasteiger partial charge in [0.15, 0.2) is 5.76 Å². The summed E-state index contributed by atoms with van der Waals surface area (Å²) in [5.41, 5.74) is 2.16. The molecule has 3 aromatic rings. The third kappa shape index (κ3) is 5.14. The first-order valence-electron chi connectivity index (χ1n) is 10.6. The highest BCUT2D eigenvalue weighted by Crippen LogP contribution is 2.33. The van der Waals surface area contributed by atoms with E-state index in [1.54, 1.807) is 41.3 Å². The molecule has 1 aromatic heterocycles. The van der Waals surface area contributed by atoms with Crippen LogP contribution in [0, 0.1) is 0 Å². The zero-order valence-electron chi connectivity index (χ0n) is 18.8. The number of ether oxygens (including phenoxy) is 1. The van der Waals surface area contributed by atoms with Gasteiger partial charge in [-0.2, -0.15) is 0 Å². The maximum Gasteiger partial charge on any atom is 0.290 e. The molecule has 1 amide bonds. The van der Waals surface area contributed by atoms with Gasteiger partial charge in [-0.25, -0.2) is 8.42 Å². The van der Waals surface area contributed by atoms with Gasteiger partial charge in [0.2, 0.25) is 0 Å². The second-order valence-electron chi connectivity index (χ2n) is 8.16. The van der Waals surface area contributed by atoms with E-state index in [0.717, 1.165) is 24.1 Å². The van der Waals surface area contributed by atoms with Gasteiger partial charge < -0.3 is 19.0 Å². The Bertz CT molecular complexity index is 1220. The molecule has 1 N–H and O–H groups in total. The molecule has 0 radical (unpaired) electrons. The van der Waals surface area contributed by atoms with Crippen molar-refractivity contribution in [3.8, 4) is 5.75 Å². The molecular weight excluding hydrogens is 442 g/mol. The molecule has 0 spiro atoms. The van der Waals surface area contributed by atoms with Crippen LogP contribution >= 0.6 is 0 Å². The minimum Gasteiger partial charge on any atom is -0.497 e. The molecule has 0 aliphatic heterocycles. The van der Waals surface area contributed by atoms with Gasteiger partial charge in [-0.1, -0.05) is 0 Å². The van der Waals surface area contributed by atoms with Crippen LogP contribution in [0.3, 0.4) is 0 Å². The lowest BCUT2D eigenvalue weighted by Crippen LogP contribution is -2.33. The van der Waals surface area contributed by atoms with E-state index < -0.39 is 10.0 Å². The van der Waals surface area contributed by atoms with E-state index in [1.807, 2.05) is 25.1 Å². The summed E-state index contributed by atoms with van der Waals surface area (Å²) >= 11 is 0. The number of hydrogen-bond donors (Lipinski definition) is 1. The van der Waals surface area contributed by atoms with Crippen LogP contribution in [0.15, 0.2) is 70.2 Å². The Kier molecular flexibility index (Phi) is 6.33. The summed E-state index contributed by atoms with van der Waals surface area (Å²) < 4.78 is 38.9. The molecule has 1 fully saturated rings. The lowest BCUT2D eigenvalue weighted by Gasteiger charge is -2.25. The first-order chi connectivity index (χ1) is 15.8. The standard InChI is InChI=1S/C24H27N3O5S/c1-26(2)22-13-6-18(25-33(29,30)21-11-9-20(31-3)10-12-21)15-17(22)16-27(19-7-8-19)24(28)23-5-4-14-32-23/h4-6,9-15,19,25H,7-8,16H2,1-3H3. The highest BCUT2D eigenvalue weighted by Gasteiger charge is 2.34. The van der Waals surface area contributed by atoms with Crippen molar-refractivity contribution in [2.75, 3.05) is 30.8 Å². The zero-order valence-corrected chi connectivity index (χ0v) is 19.6. The molecule has 1 aliphatic carbocycles. The minimum atomic E-state index is -3.79. The number of anilines is 2. The number of carbonyl (C=O) groups excluding carboxylic acids is 1. The molecule has 0 unspecified atom stereocenters. The van der Waals surface area contributed by atoms with Crippen LogP contribution in [0.2, 0.25) is 0 Å². The third-order valence-electron chi connectivity index (χ3n) is 5.50. The number of furan rings is 1. The molecule has 1 heterocycles. The Labute approximate surface area is 193 Å². The fourth-order valence-corrected chi connectivity index (χ4v) is 4.71. The predicted octanol–water partition coefficient (Wildman–Crippen LogP) is 3.96. The van der Waals surface area contributed by atoms with Crippen LogP contribution in [-0.2, 0) is 16.6 Å². The van der Waals surface area contributed by atoms with Gasteiger partial charge in [0.05, 0.1) is 18.3 Å². The predicted molar refractivity (Wildman–Crippen MR) is 126 cm³/mol. The fourth-order valence-electron chi connectivity index (χ4n) is 3.66. The molecule has 0 bridgehead atoms. The summed E-state index contributed by atoms with van der Waals surface area (Å²) in [6.45, 7) is 0.343. The molecular formula is C24H27N3O5S. The lowest BCUT2D eigenvalue weighted by molar-refractivity contribution is 0.0697. The number of amides is 1. The second-order valence-corrected chi connectivity index (χ2v) is 9.84. The SMILES string of the molecule is COc1ccc(S(=O)(=O)Nc2ccc(N(C)C)c(CN(C(=O)c3ccco3)C3CC3)c2)cc1. The number of hydrogen-bond acceptors (Lipinski definition) is 6. The van der Waals surface area contributed by atoms with Gasteiger partial charge in [-0.3, -0.25) is 9.52 Å². The van der Waals surface area contributed by atoms with Crippen molar-refractivity contribution in [1.82, 2.24) is 4.90 Å². The Balaban J connectivity index is 1.62. The lowest BCUT2D eigenvalue weighted by atomic mass is 10.1. The third-order valence-corrected chi connectivity index (χ3v) is 6.90. The van der Waals surface area contributed by atoms with Gasteiger partial charge in [0.1, 0.15) is 5.75 Å². The minimum absolute atomic E-state index is 0.133. The average Bonchev–Trinajstić information content (AvgIpc) is 3.49. The number of nitrogens with zero attached hydrogens (tertiary/aromatic N) is 2. The molecule has 9 heteroatoms. The van der Waals surface area contributed by atoms with Gasteiger partial charge in [-0.05, 0) is 73.0 Å². The van der Waals surface area contributed by atoms with E-state index in [2.05, 4.69) is 4.72 Å². The topological polar surface area (TPSA) is 92.1 Å². The zero-order chi connectivity index (χ0) is 23.6. The number of methoxy groups -OCH3 is 1. The normalized spacial score (nSPS) is 13.4. The van der Waals surface area contributed by atoms with E-state index in [0.29, 0.717) is 23.7 Å². The molecule has 0 saturated heterocycles. The average molecular weight is 470 g/mol. The van der Waals surface area contributed by atoms with Crippen molar-refractivity contribution in [2.45, 2.75) is 30.3 Å². The van der Waals surface area contributed by atoms with Gasteiger partial charge in [0.25, 0.3) is 15.9 Å². The molecule has 174 valence electrons. The van der Waals surface area contributed by atoms with Crippen molar-refractivity contribution in [3.05, 3.63) is 72.2 Å². The Morgan fingerprint density at radius 1 is 1.12 bits per heavy atom. The summed E-state index contributed by atoms with van der Waals surface area (Å²) in [5.74, 6) is 0.703. The molecule has 8 nitrogen and oxygen atoms in total. The van der Waals surface area contributed by atoms with Crippen molar-refractivity contribution in [2.24, 2.45) is 0 Å². The number of carbonyl (C=O) groups is 1. The molecule has 1 saturated carbocycles. The van der Waals surface area contributed by atoms with Crippen LogP contribution in [0.1, 0.15) is 29.0 Å². The number of sulfonamides is 1. The summed E-state index contributed by atoms with van der Waals surface area (Å²) in [7, 11) is 1.56. The first-order valence-corrected chi connectivity index (χ1v) is 12.1. The van der Waals surface area contributed by atoms with E-state index in [4.69, 9.17) is 9.15 Å². The Hall–Kier alpha value is -3.46. The van der Waals surface area contributed by atoms with Crippen molar-refractivity contribution < 1.29 is 22.4 Å². The first kappa shape index (κ1) is 22.7. The monoisotopic (exact) mass is 469 g/mol. The van der Waals surface area contributed by atoms with E-state index in [9.17, 15) is 13.2 Å². The maximum atomic E-state index is 13.0. The summed E-state index contributed by atoms with van der Waals surface area (Å²) in [5, 5.41) is 0. The summed E-state index contributed by atoms with van der Waals surface area (Å²) in [6.07, 6.45) is 3.36. The van der Waals surface area contributed by atoms with Crippen LogP contribution in [-0.4, -0.2) is 46.5 Å². The van der Waals surface area contributed by atoms with Crippen LogP contribution in [0.4, 0.5) is 11.4 Å². The van der Waals surface area contributed by atoms with Gasteiger partial charge >= 0.3 is 0 Å². The number of nitrogens with one attached hydrogen (secondary N) is 1. The van der Waals surface area contributed by atoms with Crippen molar-refractivity contribution in [3.63, 3.8) is 0 Å². The largest absolute Gasteiger partial charge is 0.497 e. The molecule has 1 aliphatic rings. The van der Waals surface area contributed by atoms with Crippen LogP contribution in [0.25, 0.3) is 0 Å². The highest BCUT2D eigenvalue weighted by atomic mass is 32.2. The van der Waals surface area contributed by atoms with Gasteiger partial charge in [0, 0.05) is 38.1 Å². The number of rotatable bonds is 9. The summed E-state index contributed by atoms with van der Waals surface area (Å²) in [4.78, 5) is 16.9. The van der Waals surface area contributed by atoms with Crippen LogP contribution in [0.5, 0.6) is 5.75 Å². The highest BCUT2D eigenvalue weighted by molar-refractivity contribution is 7.92. The second kappa shape index (κ2) is 9.19. The Morgan fingerprint density at radius 2 is 1.85 bits per heavy atom. The molecule has 33 heavy (non-hydrogen) atoms. The fraction of sp³-hybridized carbons (Fsp3) is 0.292. The number of benzene rings is 2. The van der Waals surface area contributed by atoms with E-state index in [-0.39, 0.29) is 16.8 Å². The maximum absolute atomic E-state index is 13.0. The Morgan fingerprint density at radius 3 is 2.42 bits per heavy atom. The van der Waals surface area contributed by atoms with E-state index in [1.165, 1.54) is 25.5 Å².